The number of aromatic nitrogens is 1. The van der Waals surface area contributed by atoms with Crippen LogP contribution >= 0.6 is 0 Å². The van der Waals surface area contributed by atoms with Crippen LogP contribution in [0.4, 0.5) is 0 Å². The second kappa shape index (κ2) is 3.36. The Balaban J connectivity index is 2.18. The highest BCUT2D eigenvalue weighted by Gasteiger charge is 2.29. The van der Waals surface area contributed by atoms with Gasteiger partial charge in [-0.2, -0.15) is 0 Å². The molecule has 0 aromatic carbocycles. The molecule has 1 heterocycles. The highest BCUT2D eigenvalue weighted by Crippen LogP contribution is 2.41. The molecular weight excluding hydrogens is 162 g/mol. The van der Waals surface area contributed by atoms with Gasteiger partial charge in [0.1, 0.15) is 5.75 Å². The van der Waals surface area contributed by atoms with Crippen molar-refractivity contribution in [1.82, 2.24) is 4.98 Å². The van der Waals surface area contributed by atoms with Crippen LogP contribution in [0.5, 0.6) is 5.75 Å². The van der Waals surface area contributed by atoms with Gasteiger partial charge in [0.05, 0.1) is 7.11 Å². The Bertz CT molecular complexity index is 294. The molecular formula is C11H15NO. The molecule has 2 nitrogen and oxygen atoms in total. The first-order valence-corrected chi connectivity index (χ1v) is 4.81. The molecule has 0 saturated heterocycles. The van der Waals surface area contributed by atoms with Gasteiger partial charge in [0.2, 0.25) is 0 Å². The molecule has 1 aliphatic rings. The van der Waals surface area contributed by atoms with Gasteiger partial charge in [-0.15, -0.1) is 0 Å². The average molecular weight is 177 g/mol. The lowest BCUT2D eigenvalue weighted by Gasteiger charge is -2.09. The lowest BCUT2D eigenvalue weighted by molar-refractivity contribution is 0.412. The molecule has 2 rings (SSSR count). The van der Waals surface area contributed by atoms with Crippen molar-refractivity contribution in [2.24, 2.45) is 5.92 Å². The Morgan fingerprint density at radius 3 is 2.92 bits per heavy atom. The quantitative estimate of drug-likeness (QED) is 0.708. The van der Waals surface area contributed by atoms with E-state index in [-0.39, 0.29) is 0 Å². The maximum absolute atomic E-state index is 5.17. The summed E-state index contributed by atoms with van der Waals surface area (Å²) in [6.07, 6.45) is 4.55. The Hall–Kier alpha value is -1.05. The van der Waals surface area contributed by atoms with Crippen LogP contribution in [-0.2, 0) is 0 Å². The zero-order valence-corrected chi connectivity index (χ0v) is 8.16. The summed E-state index contributed by atoms with van der Waals surface area (Å²) in [5, 5.41) is 0. The molecule has 2 heteroatoms. The van der Waals surface area contributed by atoms with Crippen LogP contribution < -0.4 is 4.74 Å². The largest absolute Gasteiger partial charge is 0.497 e. The highest BCUT2D eigenvalue weighted by atomic mass is 16.5. The number of pyridine rings is 1. The zero-order chi connectivity index (χ0) is 9.26. The van der Waals surface area contributed by atoms with Crippen LogP contribution in [0.3, 0.4) is 0 Å². The molecule has 13 heavy (non-hydrogen) atoms. The fraction of sp³-hybridized carbons (Fsp3) is 0.545. The van der Waals surface area contributed by atoms with E-state index in [1.165, 1.54) is 18.5 Å². The van der Waals surface area contributed by atoms with Crippen LogP contribution in [0.2, 0.25) is 0 Å². The standard InChI is InChI=1S/C11H15NO/c1-8(9-3-4-9)11-7-10(13-2)5-6-12-11/h5-9H,3-4H2,1-2H3. The summed E-state index contributed by atoms with van der Waals surface area (Å²) in [5.74, 6) is 2.37. The summed E-state index contributed by atoms with van der Waals surface area (Å²) in [6, 6.07) is 3.94. The topological polar surface area (TPSA) is 22.1 Å². The average Bonchev–Trinajstić information content (AvgIpc) is 3.00. The SMILES string of the molecule is COc1ccnc(C(C)C2CC2)c1. The third kappa shape index (κ3) is 1.82. The summed E-state index contributed by atoms with van der Waals surface area (Å²) in [4.78, 5) is 4.37. The van der Waals surface area contributed by atoms with Gasteiger partial charge in [0.25, 0.3) is 0 Å². The molecule has 0 aliphatic heterocycles. The van der Waals surface area contributed by atoms with Crippen molar-refractivity contribution >= 4 is 0 Å². The Morgan fingerprint density at radius 2 is 2.31 bits per heavy atom. The number of rotatable bonds is 3. The van der Waals surface area contributed by atoms with Crippen molar-refractivity contribution in [3.05, 3.63) is 24.0 Å². The first-order chi connectivity index (χ1) is 6.31. The van der Waals surface area contributed by atoms with E-state index >= 15 is 0 Å². The molecule has 1 aliphatic carbocycles. The smallest absolute Gasteiger partial charge is 0.122 e. The van der Waals surface area contributed by atoms with E-state index < -0.39 is 0 Å². The third-order valence-corrected chi connectivity index (χ3v) is 2.78. The lowest BCUT2D eigenvalue weighted by Crippen LogP contribution is -1.99. The van der Waals surface area contributed by atoms with E-state index in [0.717, 1.165) is 11.7 Å². The Morgan fingerprint density at radius 1 is 1.54 bits per heavy atom. The lowest BCUT2D eigenvalue weighted by atomic mass is 10.0. The maximum Gasteiger partial charge on any atom is 0.122 e. The van der Waals surface area contributed by atoms with E-state index in [9.17, 15) is 0 Å². The molecule has 1 aromatic rings. The van der Waals surface area contributed by atoms with Crippen LogP contribution in [0.15, 0.2) is 18.3 Å². The van der Waals surface area contributed by atoms with Crippen molar-refractivity contribution in [3.8, 4) is 5.75 Å². The molecule has 1 unspecified atom stereocenters. The van der Waals surface area contributed by atoms with Gasteiger partial charge in [-0.1, -0.05) is 6.92 Å². The first-order valence-electron chi connectivity index (χ1n) is 4.81. The summed E-state index contributed by atoms with van der Waals surface area (Å²) < 4.78 is 5.17. The summed E-state index contributed by atoms with van der Waals surface area (Å²) in [7, 11) is 1.70. The summed E-state index contributed by atoms with van der Waals surface area (Å²) in [6.45, 7) is 2.25. The minimum atomic E-state index is 0.593. The van der Waals surface area contributed by atoms with Crippen molar-refractivity contribution in [3.63, 3.8) is 0 Å². The monoisotopic (exact) mass is 177 g/mol. The molecule has 0 amide bonds. The van der Waals surface area contributed by atoms with Crippen LogP contribution in [-0.4, -0.2) is 12.1 Å². The van der Waals surface area contributed by atoms with Crippen molar-refractivity contribution in [2.45, 2.75) is 25.7 Å². The zero-order valence-electron chi connectivity index (χ0n) is 8.16. The number of methoxy groups -OCH3 is 1. The summed E-state index contributed by atoms with van der Waals surface area (Å²) >= 11 is 0. The molecule has 1 saturated carbocycles. The van der Waals surface area contributed by atoms with E-state index in [0.29, 0.717) is 5.92 Å². The van der Waals surface area contributed by atoms with E-state index in [1.807, 2.05) is 18.3 Å². The molecule has 0 radical (unpaired) electrons. The van der Waals surface area contributed by atoms with Gasteiger partial charge >= 0.3 is 0 Å². The Labute approximate surface area is 78.9 Å². The Kier molecular flexibility index (Phi) is 2.21. The van der Waals surface area contributed by atoms with E-state index in [1.54, 1.807) is 7.11 Å². The fourth-order valence-corrected chi connectivity index (χ4v) is 1.64. The van der Waals surface area contributed by atoms with Gasteiger partial charge in [-0.25, -0.2) is 0 Å². The molecule has 1 aromatic heterocycles. The first kappa shape index (κ1) is 8.54. The maximum atomic E-state index is 5.17. The van der Waals surface area contributed by atoms with Crippen molar-refractivity contribution in [1.29, 1.82) is 0 Å². The van der Waals surface area contributed by atoms with Gasteiger partial charge in [-0.05, 0) is 24.8 Å². The minimum absolute atomic E-state index is 0.593. The predicted molar refractivity (Wildman–Crippen MR) is 51.9 cm³/mol. The number of hydrogen-bond acceptors (Lipinski definition) is 2. The summed E-state index contributed by atoms with van der Waals surface area (Å²) in [5.41, 5.74) is 1.17. The highest BCUT2D eigenvalue weighted by molar-refractivity contribution is 5.25. The molecule has 0 bridgehead atoms. The number of ether oxygens (including phenoxy) is 1. The fourth-order valence-electron chi connectivity index (χ4n) is 1.64. The van der Waals surface area contributed by atoms with Gasteiger partial charge in [0, 0.05) is 23.9 Å². The second-order valence-corrected chi connectivity index (χ2v) is 3.75. The van der Waals surface area contributed by atoms with Crippen molar-refractivity contribution < 1.29 is 4.74 Å². The predicted octanol–water partition coefficient (Wildman–Crippen LogP) is 2.60. The van der Waals surface area contributed by atoms with Gasteiger partial charge < -0.3 is 4.74 Å². The van der Waals surface area contributed by atoms with Crippen molar-refractivity contribution in [2.75, 3.05) is 7.11 Å². The molecule has 1 atom stereocenters. The third-order valence-electron chi connectivity index (χ3n) is 2.78. The molecule has 1 fully saturated rings. The van der Waals surface area contributed by atoms with Crippen LogP contribution in [0.1, 0.15) is 31.4 Å². The van der Waals surface area contributed by atoms with E-state index in [2.05, 4.69) is 11.9 Å². The number of hydrogen-bond donors (Lipinski definition) is 0. The van der Waals surface area contributed by atoms with Gasteiger partial charge in [-0.3, -0.25) is 4.98 Å². The van der Waals surface area contributed by atoms with Gasteiger partial charge in [0.15, 0.2) is 0 Å². The van der Waals surface area contributed by atoms with Crippen LogP contribution in [0, 0.1) is 5.92 Å². The molecule has 0 spiro atoms. The molecule has 70 valence electrons. The van der Waals surface area contributed by atoms with Crippen LogP contribution in [0.25, 0.3) is 0 Å². The molecule has 0 N–H and O–H groups in total. The normalized spacial score (nSPS) is 18.3. The number of nitrogens with zero attached hydrogens (tertiary/aromatic N) is 1. The van der Waals surface area contributed by atoms with E-state index in [4.69, 9.17) is 4.74 Å². The second-order valence-electron chi connectivity index (χ2n) is 3.75. The minimum Gasteiger partial charge on any atom is -0.497 e.